The highest BCUT2D eigenvalue weighted by atomic mass is 16.5. The van der Waals surface area contributed by atoms with Crippen LogP contribution in [-0.2, 0) is 4.79 Å². The van der Waals surface area contributed by atoms with Crippen molar-refractivity contribution >= 4 is 17.4 Å². The third kappa shape index (κ3) is 5.75. The summed E-state index contributed by atoms with van der Waals surface area (Å²) in [6.07, 6.45) is 3.23. The van der Waals surface area contributed by atoms with Crippen molar-refractivity contribution in [2.24, 2.45) is 0 Å². The van der Waals surface area contributed by atoms with Gasteiger partial charge in [-0.15, -0.1) is 0 Å². The summed E-state index contributed by atoms with van der Waals surface area (Å²) in [5.41, 5.74) is 1.71. The van der Waals surface area contributed by atoms with Crippen molar-refractivity contribution in [1.29, 1.82) is 0 Å². The largest absolute Gasteiger partial charge is 0.497 e. The number of hydrogen-bond donors (Lipinski definition) is 1. The molecule has 3 rings (SSSR count). The first-order valence-corrected chi connectivity index (χ1v) is 10.5. The van der Waals surface area contributed by atoms with Crippen LogP contribution in [-0.4, -0.2) is 45.0 Å². The number of piperidine rings is 1. The average molecular weight is 411 g/mol. The minimum Gasteiger partial charge on any atom is -0.497 e. The third-order valence-electron chi connectivity index (χ3n) is 5.43. The van der Waals surface area contributed by atoms with E-state index in [-0.39, 0.29) is 17.7 Å². The molecule has 6 heteroatoms. The predicted molar refractivity (Wildman–Crippen MR) is 118 cm³/mol. The monoisotopic (exact) mass is 410 g/mol. The number of carbonyl (C=O) groups is 2. The number of methoxy groups -OCH3 is 2. The number of ketones is 1. The molecule has 6 nitrogen and oxygen atoms in total. The first kappa shape index (κ1) is 21.7. The van der Waals surface area contributed by atoms with Gasteiger partial charge in [-0.2, -0.15) is 0 Å². The van der Waals surface area contributed by atoms with E-state index in [9.17, 15) is 9.59 Å². The molecular weight excluding hydrogens is 380 g/mol. The second-order valence-electron chi connectivity index (χ2n) is 7.53. The Hall–Kier alpha value is -3.02. The molecule has 0 spiro atoms. The Labute approximate surface area is 178 Å². The van der Waals surface area contributed by atoms with Gasteiger partial charge in [-0.25, -0.2) is 0 Å². The van der Waals surface area contributed by atoms with Gasteiger partial charge in [0, 0.05) is 37.5 Å². The molecule has 0 aliphatic carbocycles. The Morgan fingerprint density at radius 2 is 1.80 bits per heavy atom. The van der Waals surface area contributed by atoms with Gasteiger partial charge in [-0.05, 0) is 55.7 Å². The van der Waals surface area contributed by atoms with E-state index in [0.29, 0.717) is 24.8 Å². The fourth-order valence-electron chi connectivity index (χ4n) is 3.84. The van der Waals surface area contributed by atoms with Gasteiger partial charge in [-0.1, -0.05) is 12.1 Å². The normalized spacial score (nSPS) is 16.1. The van der Waals surface area contributed by atoms with Crippen LogP contribution in [0.5, 0.6) is 11.5 Å². The summed E-state index contributed by atoms with van der Waals surface area (Å²) in [6.45, 7) is 1.71. The molecule has 1 unspecified atom stereocenters. The molecule has 0 radical (unpaired) electrons. The number of rotatable bonds is 9. The number of nitrogens with zero attached hydrogens (tertiary/aromatic N) is 1. The van der Waals surface area contributed by atoms with E-state index in [0.717, 1.165) is 43.1 Å². The molecule has 30 heavy (non-hydrogen) atoms. The molecule has 1 saturated heterocycles. The lowest BCUT2D eigenvalue weighted by atomic mass is 10.0. The van der Waals surface area contributed by atoms with Gasteiger partial charge in [0.15, 0.2) is 5.78 Å². The van der Waals surface area contributed by atoms with Crippen molar-refractivity contribution in [3.8, 4) is 11.5 Å². The van der Waals surface area contributed by atoms with Crippen molar-refractivity contribution in [3.63, 3.8) is 0 Å². The lowest BCUT2D eigenvalue weighted by Gasteiger charge is -2.35. The van der Waals surface area contributed by atoms with E-state index in [4.69, 9.17) is 9.47 Å². The van der Waals surface area contributed by atoms with Gasteiger partial charge in [0.2, 0.25) is 5.91 Å². The second-order valence-corrected chi connectivity index (χ2v) is 7.53. The Morgan fingerprint density at radius 3 is 2.53 bits per heavy atom. The lowest BCUT2D eigenvalue weighted by molar-refractivity contribution is -0.121. The summed E-state index contributed by atoms with van der Waals surface area (Å²) in [6, 6.07) is 15.1. The molecule has 1 atom stereocenters. The number of amides is 1. The Balaban J connectivity index is 1.44. The van der Waals surface area contributed by atoms with Crippen LogP contribution >= 0.6 is 0 Å². The summed E-state index contributed by atoms with van der Waals surface area (Å²) in [4.78, 5) is 26.9. The first-order valence-electron chi connectivity index (χ1n) is 10.5. The van der Waals surface area contributed by atoms with Crippen molar-refractivity contribution in [2.75, 3.05) is 32.2 Å². The topological polar surface area (TPSA) is 67.9 Å². The van der Waals surface area contributed by atoms with Crippen LogP contribution < -0.4 is 19.7 Å². The number of hydrogen-bond acceptors (Lipinski definition) is 5. The molecule has 0 saturated carbocycles. The van der Waals surface area contributed by atoms with Crippen LogP contribution in [0.2, 0.25) is 0 Å². The standard InChI is InChI=1S/C24H30N2O4/c1-29-20-14-12-18(13-15-20)22(27)9-5-11-24(28)25-19-7-6-16-26(17-19)21-8-3-4-10-23(21)30-2/h3-4,8,10,12-15,19H,5-7,9,11,16-17H2,1-2H3,(H,25,28). The Kier molecular flexibility index (Phi) is 7.71. The van der Waals surface area contributed by atoms with E-state index < -0.39 is 0 Å². The number of carbonyl (C=O) groups excluding carboxylic acids is 2. The smallest absolute Gasteiger partial charge is 0.220 e. The molecule has 0 bridgehead atoms. The van der Waals surface area contributed by atoms with Crippen LogP contribution in [0.25, 0.3) is 0 Å². The van der Waals surface area contributed by atoms with E-state index in [1.807, 2.05) is 24.3 Å². The van der Waals surface area contributed by atoms with Crippen LogP contribution in [0.1, 0.15) is 42.5 Å². The second kappa shape index (κ2) is 10.7. The zero-order valence-electron chi connectivity index (χ0n) is 17.7. The molecule has 2 aromatic carbocycles. The van der Waals surface area contributed by atoms with Crippen LogP contribution in [0.3, 0.4) is 0 Å². The Bertz CT molecular complexity index is 851. The zero-order valence-corrected chi connectivity index (χ0v) is 17.7. The summed E-state index contributed by atoms with van der Waals surface area (Å²) in [5, 5.41) is 3.14. The maximum Gasteiger partial charge on any atom is 0.220 e. The number of anilines is 1. The van der Waals surface area contributed by atoms with Gasteiger partial charge in [0.05, 0.1) is 19.9 Å². The van der Waals surface area contributed by atoms with Crippen LogP contribution in [0.15, 0.2) is 48.5 Å². The van der Waals surface area contributed by atoms with E-state index in [1.54, 1.807) is 38.5 Å². The van der Waals surface area contributed by atoms with E-state index in [2.05, 4.69) is 10.2 Å². The SMILES string of the molecule is COc1ccc(C(=O)CCCC(=O)NC2CCCN(c3ccccc3OC)C2)cc1. The third-order valence-corrected chi connectivity index (χ3v) is 5.43. The molecule has 0 aromatic heterocycles. The molecule has 1 fully saturated rings. The number of para-hydroxylation sites is 2. The highest BCUT2D eigenvalue weighted by Crippen LogP contribution is 2.29. The van der Waals surface area contributed by atoms with Gasteiger partial charge in [0.1, 0.15) is 11.5 Å². The molecule has 2 aromatic rings. The molecule has 160 valence electrons. The van der Waals surface area contributed by atoms with Crippen LogP contribution in [0.4, 0.5) is 5.69 Å². The summed E-state index contributed by atoms with van der Waals surface area (Å²) < 4.78 is 10.6. The number of Topliss-reactive ketones (excluding diaryl/α,β-unsaturated/α-hetero) is 1. The number of benzene rings is 2. The summed E-state index contributed by atoms with van der Waals surface area (Å²) >= 11 is 0. The highest BCUT2D eigenvalue weighted by molar-refractivity contribution is 5.96. The zero-order chi connectivity index (χ0) is 21.3. The van der Waals surface area contributed by atoms with E-state index in [1.165, 1.54) is 0 Å². The highest BCUT2D eigenvalue weighted by Gasteiger charge is 2.23. The Morgan fingerprint density at radius 1 is 1.03 bits per heavy atom. The molecular formula is C24H30N2O4. The fourth-order valence-corrected chi connectivity index (χ4v) is 3.84. The fraction of sp³-hybridized carbons (Fsp3) is 0.417. The maximum atomic E-state index is 12.4. The van der Waals surface area contributed by atoms with Gasteiger partial charge < -0.3 is 19.7 Å². The van der Waals surface area contributed by atoms with Crippen molar-refractivity contribution < 1.29 is 19.1 Å². The predicted octanol–water partition coefficient (Wildman–Crippen LogP) is 3.84. The van der Waals surface area contributed by atoms with Crippen molar-refractivity contribution in [3.05, 3.63) is 54.1 Å². The first-order chi connectivity index (χ1) is 14.6. The lowest BCUT2D eigenvalue weighted by Crippen LogP contribution is -2.47. The van der Waals surface area contributed by atoms with Gasteiger partial charge in [-0.3, -0.25) is 9.59 Å². The molecule has 1 aliphatic heterocycles. The number of ether oxygens (including phenoxy) is 2. The van der Waals surface area contributed by atoms with E-state index >= 15 is 0 Å². The molecule has 1 aliphatic rings. The van der Waals surface area contributed by atoms with Crippen molar-refractivity contribution in [1.82, 2.24) is 5.32 Å². The van der Waals surface area contributed by atoms with Crippen LogP contribution in [0, 0.1) is 0 Å². The summed E-state index contributed by atoms with van der Waals surface area (Å²) in [5.74, 6) is 1.62. The quantitative estimate of drug-likeness (QED) is 0.636. The maximum absolute atomic E-state index is 12.4. The summed E-state index contributed by atoms with van der Waals surface area (Å²) in [7, 11) is 3.27. The average Bonchev–Trinajstić information content (AvgIpc) is 2.79. The van der Waals surface area contributed by atoms with Gasteiger partial charge in [0.25, 0.3) is 0 Å². The minimum absolute atomic E-state index is 0.00408. The minimum atomic E-state index is 0.00408. The molecule has 1 amide bonds. The van der Waals surface area contributed by atoms with Gasteiger partial charge >= 0.3 is 0 Å². The number of nitrogens with one attached hydrogen (secondary N) is 1. The van der Waals surface area contributed by atoms with Crippen molar-refractivity contribution in [2.45, 2.75) is 38.1 Å². The molecule has 1 N–H and O–H groups in total. The molecule has 1 heterocycles.